The number of carbonyl (C=O) groups excluding carboxylic acids is 1. The van der Waals surface area contributed by atoms with Crippen LogP contribution in [0.15, 0.2) is 54.7 Å². The smallest absolute Gasteiger partial charge is 0.233 e. The summed E-state index contributed by atoms with van der Waals surface area (Å²) in [5, 5.41) is 1.76. The topological polar surface area (TPSA) is 36.1 Å². The van der Waals surface area contributed by atoms with Gasteiger partial charge in [0, 0.05) is 35.7 Å². The minimum Gasteiger partial charge on any atom is -0.361 e. The van der Waals surface area contributed by atoms with Crippen LogP contribution in [0.5, 0.6) is 0 Å². The van der Waals surface area contributed by atoms with Gasteiger partial charge in [0.15, 0.2) is 0 Å². The van der Waals surface area contributed by atoms with Crippen LogP contribution in [0.25, 0.3) is 10.9 Å². The Bertz CT molecular complexity index is 896. The molecule has 4 rings (SSSR count). The Morgan fingerprint density at radius 2 is 1.96 bits per heavy atom. The van der Waals surface area contributed by atoms with E-state index in [0.29, 0.717) is 11.6 Å². The highest BCUT2D eigenvalue weighted by Crippen LogP contribution is 2.52. The van der Waals surface area contributed by atoms with Crippen molar-refractivity contribution >= 4 is 28.4 Å². The van der Waals surface area contributed by atoms with Crippen LogP contribution in [0.3, 0.4) is 0 Å². The van der Waals surface area contributed by atoms with Gasteiger partial charge in [0.25, 0.3) is 0 Å². The van der Waals surface area contributed by atoms with E-state index >= 15 is 0 Å². The summed E-state index contributed by atoms with van der Waals surface area (Å²) in [7, 11) is 1.89. The van der Waals surface area contributed by atoms with Crippen LogP contribution in [0.4, 0.5) is 0 Å². The molecular weight excluding hydrogens is 320 g/mol. The number of hydrogen-bond acceptors (Lipinski definition) is 1. The minimum absolute atomic E-state index is 0.187. The summed E-state index contributed by atoms with van der Waals surface area (Å²) in [5.74, 6) is 0.187. The van der Waals surface area contributed by atoms with E-state index in [1.54, 1.807) is 0 Å². The maximum atomic E-state index is 13.1. The molecular formula is C20H19ClN2O. The normalized spacial score (nSPS) is 15.4. The van der Waals surface area contributed by atoms with E-state index in [-0.39, 0.29) is 5.91 Å². The number of H-pyrrole nitrogens is 1. The fourth-order valence-corrected chi connectivity index (χ4v) is 3.68. The maximum absolute atomic E-state index is 13.1. The molecule has 0 saturated heterocycles. The second-order valence-electron chi connectivity index (χ2n) is 6.62. The zero-order chi connectivity index (χ0) is 16.7. The average Bonchev–Trinajstić information content (AvgIpc) is 3.29. The Morgan fingerprint density at radius 1 is 1.21 bits per heavy atom. The zero-order valence-corrected chi connectivity index (χ0v) is 14.3. The summed E-state index contributed by atoms with van der Waals surface area (Å²) < 4.78 is 0. The molecule has 122 valence electrons. The van der Waals surface area contributed by atoms with Gasteiger partial charge in [-0.3, -0.25) is 4.79 Å². The SMILES string of the molecule is CN(Cc1ccccc1)C(=O)C1(c2c[nH]c3ccc(Cl)cc23)CC1. The van der Waals surface area contributed by atoms with Crippen LogP contribution >= 0.6 is 11.6 Å². The monoisotopic (exact) mass is 338 g/mol. The number of halogens is 1. The Hall–Kier alpha value is -2.26. The molecule has 0 atom stereocenters. The highest BCUT2D eigenvalue weighted by molar-refractivity contribution is 6.31. The van der Waals surface area contributed by atoms with E-state index in [0.717, 1.165) is 34.9 Å². The number of aromatic nitrogens is 1. The van der Waals surface area contributed by atoms with Crippen molar-refractivity contribution in [3.05, 3.63) is 70.9 Å². The number of rotatable bonds is 4. The number of nitrogens with one attached hydrogen (secondary N) is 1. The van der Waals surface area contributed by atoms with Crippen molar-refractivity contribution in [2.75, 3.05) is 7.05 Å². The molecule has 0 radical (unpaired) electrons. The van der Waals surface area contributed by atoms with Gasteiger partial charge in [-0.05, 0) is 42.2 Å². The Morgan fingerprint density at radius 3 is 2.67 bits per heavy atom. The largest absolute Gasteiger partial charge is 0.361 e. The number of fused-ring (bicyclic) bond motifs is 1. The molecule has 1 aromatic heterocycles. The van der Waals surface area contributed by atoms with E-state index in [1.807, 2.05) is 54.5 Å². The van der Waals surface area contributed by atoms with Gasteiger partial charge in [-0.2, -0.15) is 0 Å². The van der Waals surface area contributed by atoms with E-state index in [1.165, 1.54) is 0 Å². The molecule has 1 amide bonds. The standard InChI is InChI=1S/C20H19ClN2O/c1-23(13-14-5-3-2-4-6-14)19(24)20(9-10-20)17-12-22-18-8-7-15(21)11-16(17)18/h2-8,11-12,22H,9-10,13H2,1H3. The Labute approximate surface area is 146 Å². The first-order valence-electron chi connectivity index (χ1n) is 8.17. The fourth-order valence-electron chi connectivity index (χ4n) is 3.51. The van der Waals surface area contributed by atoms with Gasteiger partial charge in [-0.15, -0.1) is 0 Å². The van der Waals surface area contributed by atoms with Gasteiger partial charge in [-0.1, -0.05) is 41.9 Å². The van der Waals surface area contributed by atoms with Crippen molar-refractivity contribution in [3.63, 3.8) is 0 Å². The van der Waals surface area contributed by atoms with E-state index in [2.05, 4.69) is 17.1 Å². The van der Waals surface area contributed by atoms with Crippen molar-refractivity contribution in [2.45, 2.75) is 24.8 Å². The van der Waals surface area contributed by atoms with Crippen molar-refractivity contribution in [1.82, 2.24) is 9.88 Å². The molecule has 1 aliphatic rings. The number of nitrogens with zero attached hydrogens (tertiary/aromatic N) is 1. The van der Waals surface area contributed by atoms with E-state index in [9.17, 15) is 4.79 Å². The highest BCUT2D eigenvalue weighted by atomic mass is 35.5. The summed E-state index contributed by atoms with van der Waals surface area (Å²) in [6.45, 7) is 0.629. The predicted octanol–water partition coefficient (Wildman–Crippen LogP) is 4.51. The summed E-state index contributed by atoms with van der Waals surface area (Å²) in [6, 6.07) is 15.9. The second kappa shape index (κ2) is 5.67. The fraction of sp³-hybridized carbons (Fsp3) is 0.250. The van der Waals surface area contributed by atoms with Crippen LogP contribution in [-0.2, 0) is 16.8 Å². The molecule has 1 saturated carbocycles. The first-order valence-corrected chi connectivity index (χ1v) is 8.54. The number of amides is 1. The molecule has 0 bridgehead atoms. The van der Waals surface area contributed by atoms with Gasteiger partial charge in [0.05, 0.1) is 5.41 Å². The lowest BCUT2D eigenvalue weighted by Gasteiger charge is -2.23. The molecule has 0 spiro atoms. The molecule has 3 nitrogen and oxygen atoms in total. The lowest BCUT2D eigenvalue weighted by molar-refractivity contribution is -0.133. The second-order valence-corrected chi connectivity index (χ2v) is 7.06. The minimum atomic E-state index is -0.396. The third-order valence-corrected chi connectivity index (χ3v) is 5.16. The molecule has 0 aliphatic heterocycles. The molecule has 1 N–H and O–H groups in total. The molecule has 1 aliphatic carbocycles. The Balaban J connectivity index is 1.64. The van der Waals surface area contributed by atoms with Gasteiger partial charge in [-0.25, -0.2) is 0 Å². The van der Waals surface area contributed by atoms with Crippen molar-refractivity contribution in [1.29, 1.82) is 0 Å². The molecule has 1 heterocycles. The predicted molar refractivity (Wildman–Crippen MR) is 97.1 cm³/mol. The number of likely N-dealkylation sites (N-methyl/N-ethyl adjacent to an activating group) is 1. The van der Waals surface area contributed by atoms with Crippen LogP contribution in [0.1, 0.15) is 24.0 Å². The summed E-state index contributed by atoms with van der Waals surface area (Å²) in [4.78, 5) is 18.3. The van der Waals surface area contributed by atoms with Crippen LogP contribution in [-0.4, -0.2) is 22.8 Å². The molecule has 4 heteroatoms. The maximum Gasteiger partial charge on any atom is 0.233 e. The number of carbonyl (C=O) groups is 1. The van der Waals surface area contributed by atoms with Gasteiger partial charge in [0.2, 0.25) is 5.91 Å². The summed E-state index contributed by atoms with van der Waals surface area (Å²) >= 11 is 6.16. The Kier molecular flexibility index (Phi) is 3.61. The van der Waals surface area contributed by atoms with Gasteiger partial charge < -0.3 is 9.88 Å². The molecule has 24 heavy (non-hydrogen) atoms. The number of hydrogen-bond donors (Lipinski definition) is 1. The first-order chi connectivity index (χ1) is 11.6. The number of aromatic amines is 1. The molecule has 0 unspecified atom stereocenters. The van der Waals surface area contributed by atoms with Crippen LogP contribution in [0.2, 0.25) is 5.02 Å². The summed E-state index contributed by atoms with van der Waals surface area (Å²) in [5.41, 5.74) is 2.85. The highest BCUT2D eigenvalue weighted by Gasteiger charge is 2.53. The third-order valence-electron chi connectivity index (χ3n) is 4.93. The molecule has 3 aromatic rings. The van der Waals surface area contributed by atoms with Crippen LogP contribution in [0, 0.1) is 0 Å². The van der Waals surface area contributed by atoms with Crippen LogP contribution < -0.4 is 0 Å². The first kappa shape index (κ1) is 15.3. The molecule has 2 aromatic carbocycles. The quantitative estimate of drug-likeness (QED) is 0.746. The molecule has 1 fully saturated rings. The van der Waals surface area contributed by atoms with E-state index in [4.69, 9.17) is 11.6 Å². The zero-order valence-electron chi connectivity index (χ0n) is 13.6. The van der Waals surface area contributed by atoms with Crippen molar-refractivity contribution in [2.24, 2.45) is 0 Å². The van der Waals surface area contributed by atoms with E-state index < -0.39 is 5.41 Å². The van der Waals surface area contributed by atoms with Gasteiger partial charge in [0.1, 0.15) is 0 Å². The third kappa shape index (κ3) is 2.49. The van der Waals surface area contributed by atoms with Gasteiger partial charge >= 0.3 is 0 Å². The van der Waals surface area contributed by atoms with Crippen molar-refractivity contribution < 1.29 is 4.79 Å². The van der Waals surface area contributed by atoms with Crippen molar-refractivity contribution in [3.8, 4) is 0 Å². The summed E-state index contributed by atoms with van der Waals surface area (Å²) in [6.07, 6.45) is 3.76. The average molecular weight is 339 g/mol. The lowest BCUT2D eigenvalue weighted by atomic mass is 9.93. The lowest BCUT2D eigenvalue weighted by Crippen LogP contribution is -2.36. The number of benzene rings is 2.